The molecule has 1 amide bonds. The van der Waals surface area contributed by atoms with E-state index in [1.165, 1.54) is 6.07 Å². The third-order valence-electron chi connectivity index (χ3n) is 2.10. The highest BCUT2D eigenvalue weighted by molar-refractivity contribution is 9.10. The van der Waals surface area contributed by atoms with Gasteiger partial charge in [-0.15, -0.1) is 5.10 Å². The predicted molar refractivity (Wildman–Crippen MR) is 72.0 cm³/mol. The van der Waals surface area contributed by atoms with Crippen LogP contribution in [0, 0.1) is 0 Å². The normalized spacial score (nSPS) is 10.8. The summed E-state index contributed by atoms with van der Waals surface area (Å²) in [4.78, 5) is 11.7. The van der Waals surface area contributed by atoms with E-state index in [1.54, 1.807) is 12.1 Å². The van der Waals surface area contributed by atoms with Crippen LogP contribution in [0.3, 0.4) is 0 Å². The van der Waals surface area contributed by atoms with Crippen LogP contribution in [0.5, 0.6) is 0 Å². The van der Waals surface area contributed by atoms with Crippen LogP contribution in [-0.4, -0.2) is 15.5 Å². The SMILES string of the molecule is O=C(Nc1cc(Cl)ccc1Br)c1snnc1C(F)F. The Morgan fingerprint density at radius 2 is 2.21 bits per heavy atom. The molecule has 0 saturated carbocycles. The van der Waals surface area contributed by atoms with Crippen LogP contribution in [0.2, 0.25) is 5.02 Å². The largest absolute Gasteiger partial charge is 0.320 e. The number of nitrogens with zero attached hydrogens (tertiary/aromatic N) is 2. The van der Waals surface area contributed by atoms with Crippen molar-refractivity contribution in [2.75, 3.05) is 5.32 Å². The van der Waals surface area contributed by atoms with E-state index >= 15 is 0 Å². The van der Waals surface area contributed by atoms with E-state index in [4.69, 9.17) is 11.6 Å². The molecule has 1 aromatic heterocycles. The number of rotatable bonds is 3. The van der Waals surface area contributed by atoms with E-state index in [0.29, 0.717) is 26.7 Å². The lowest BCUT2D eigenvalue weighted by molar-refractivity contribution is 0.101. The van der Waals surface area contributed by atoms with Gasteiger partial charge in [0, 0.05) is 9.50 Å². The van der Waals surface area contributed by atoms with Gasteiger partial charge in [0.25, 0.3) is 12.3 Å². The van der Waals surface area contributed by atoms with E-state index in [9.17, 15) is 13.6 Å². The number of nitrogens with one attached hydrogen (secondary N) is 1. The minimum Gasteiger partial charge on any atom is -0.320 e. The van der Waals surface area contributed by atoms with Crippen molar-refractivity contribution in [1.82, 2.24) is 9.59 Å². The fraction of sp³-hybridized carbons (Fsp3) is 0.100. The molecule has 0 saturated heterocycles. The molecule has 0 aliphatic heterocycles. The van der Waals surface area contributed by atoms with E-state index in [1.807, 2.05) is 0 Å². The molecular formula is C10H5BrClF2N3OS. The average Bonchev–Trinajstić information content (AvgIpc) is 2.83. The zero-order valence-electron chi connectivity index (χ0n) is 9.03. The summed E-state index contributed by atoms with van der Waals surface area (Å²) in [5, 5.41) is 6.13. The summed E-state index contributed by atoms with van der Waals surface area (Å²) < 4.78 is 29.1. The van der Waals surface area contributed by atoms with E-state index in [2.05, 4.69) is 30.8 Å². The zero-order valence-corrected chi connectivity index (χ0v) is 12.2. The third kappa shape index (κ3) is 3.26. The van der Waals surface area contributed by atoms with Crippen molar-refractivity contribution >= 4 is 50.7 Å². The van der Waals surface area contributed by atoms with Gasteiger partial charge in [-0.1, -0.05) is 16.1 Å². The van der Waals surface area contributed by atoms with Gasteiger partial charge >= 0.3 is 0 Å². The van der Waals surface area contributed by atoms with Crippen molar-refractivity contribution in [2.24, 2.45) is 0 Å². The quantitative estimate of drug-likeness (QED) is 0.886. The highest BCUT2D eigenvalue weighted by atomic mass is 79.9. The van der Waals surface area contributed by atoms with Gasteiger partial charge in [-0.05, 0) is 45.7 Å². The molecule has 100 valence electrons. The Bertz CT molecular complexity index is 623. The zero-order chi connectivity index (χ0) is 14.0. The van der Waals surface area contributed by atoms with Crippen LogP contribution >= 0.6 is 39.1 Å². The fourth-order valence-electron chi connectivity index (χ4n) is 1.27. The number of halogens is 4. The second-order valence-corrected chi connectivity index (χ2v) is 5.41. The number of hydrogen-bond donors (Lipinski definition) is 1. The Kier molecular flexibility index (Phi) is 4.43. The average molecular weight is 369 g/mol. The Hall–Kier alpha value is -1.12. The van der Waals surface area contributed by atoms with Crippen molar-refractivity contribution in [2.45, 2.75) is 6.43 Å². The van der Waals surface area contributed by atoms with Gasteiger partial charge in [0.05, 0.1) is 5.69 Å². The van der Waals surface area contributed by atoms with E-state index < -0.39 is 18.0 Å². The Labute approximate surface area is 124 Å². The van der Waals surface area contributed by atoms with Crippen molar-refractivity contribution in [3.63, 3.8) is 0 Å². The van der Waals surface area contributed by atoms with Crippen molar-refractivity contribution < 1.29 is 13.6 Å². The van der Waals surface area contributed by atoms with Crippen LogP contribution in [0.25, 0.3) is 0 Å². The molecule has 0 aliphatic rings. The number of carbonyl (C=O) groups is 1. The number of amides is 1. The van der Waals surface area contributed by atoms with E-state index in [-0.39, 0.29) is 4.88 Å². The molecule has 0 unspecified atom stereocenters. The minimum atomic E-state index is -2.85. The summed E-state index contributed by atoms with van der Waals surface area (Å²) in [6.07, 6.45) is -2.85. The molecule has 0 aliphatic carbocycles. The monoisotopic (exact) mass is 367 g/mol. The first-order valence-electron chi connectivity index (χ1n) is 4.86. The Morgan fingerprint density at radius 1 is 1.47 bits per heavy atom. The van der Waals surface area contributed by atoms with Crippen molar-refractivity contribution in [1.29, 1.82) is 0 Å². The number of anilines is 1. The van der Waals surface area contributed by atoms with Crippen LogP contribution < -0.4 is 5.32 Å². The maximum Gasteiger partial charge on any atom is 0.283 e. The number of alkyl halides is 2. The maximum atomic E-state index is 12.6. The van der Waals surface area contributed by atoms with Crippen LogP contribution in [0.1, 0.15) is 21.8 Å². The molecule has 1 aromatic carbocycles. The van der Waals surface area contributed by atoms with Gasteiger partial charge in [-0.25, -0.2) is 8.78 Å². The van der Waals surface area contributed by atoms with Gasteiger partial charge in [0.2, 0.25) is 0 Å². The molecule has 0 spiro atoms. The molecule has 1 N–H and O–H groups in total. The standard InChI is InChI=1S/C10H5BrClF2N3OS/c11-5-2-1-4(12)3-6(5)15-10(18)8-7(9(13)14)16-17-19-8/h1-3,9H,(H,15,18). The first kappa shape index (κ1) is 14.3. The molecule has 1 heterocycles. The molecular weight excluding hydrogens is 364 g/mol. The van der Waals surface area contributed by atoms with Gasteiger partial charge in [-0.3, -0.25) is 4.79 Å². The third-order valence-corrected chi connectivity index (χ3v) is 3.77. The van der Waals surface area contributed by atoms with E-state index in [0.717, 1.165) is 0 Å². The lowest BCUT2D eigenvalue weighted by Gasteiger charge is -2.07. The van der Waals surface area contributed by atoms with Crippen LogP contribution in [0.15, 0.2) is 22.7 Å². The molecule has 0 atom stereocenters. The smallest absolute Gasteiger partial charge is 0.283 e. The maximum absolute atomic E-state index is 12.6. The number of benzene rings is 1. The molecule has 2 rings (SSSR count). The highest BCUT2D eigenvalue weighted by Gasteiger charge is 2.23. The van der Waals surface area contributed by atoms with Gasteiger partial charge < -0.3 is 5.32 Å². The predicted octanol–water partition coefficient (Wildman–Crippen LogP) is 4.14. The molecule has 9 heteroatoms. The lowest BCUT2D eigenvalue weighted by Crippen LogP contribution is -2.13. The summed E-state index contributed by atoms with van der Waals surface area (Å²) in [5.41, 5.74) is -0.244. The summed E-state index contributed by atoms with van der Waals surface area (Å²) in [5.74, 6) is -0.701. The highest BCUT2D eigenvalue weighted by Crippen LogP contribution is 2.28. The first-order chi connectivity index (χ1) is 8.99. The minimum absolute atomic E-state index is 0.220. The van der Waals surface area contributed by atoms with Crippen LogP contribution in [-0.2, 0) is 0 Å². The number of carbonyl (C=O) groups excluding carboxylic acids is 1. The number of hydrogen-bond acceptors (Lipinski definition) is 4. The van der Waals surface area contributed by atoms with Crippen LogP contribution in [0.4, 0.5) is 14.5 Å². The number of aromatic nitrogens is 2. The Balaban J connectivity index is 2.26. The van der Waals surface area contributed by atoms with Gasteiger partial charge in [0.15, 0.2) is 5.69 Å². The molecule has 0 radical (unpaired) electrons. The topological polar surface area (TPSA) is 54.9 Å². The van der Waals surface area contributed by atoms with Crippen molar-refractivity contribution in [3.8, 4) is 0 Å². The van der Waals surface area contributed by atoms with Gasteiger partial charge in [-0.2, -0.15) is 0 Å². The van der Waals surface area contributed by atoms with Crippen molar-refractivity contribution in [3.05, 3.63) is 38.3 Å². The molecule has 2 aromatic rings. The summed E-state index contributed by atoms with van der Waals surface area (Å²) in [6.45, 7) is 0. The summed E-state index contributed by atoms with van der Waals surface area (Å²) >= 11 is 9.63. The summed E-state index contributed by atoms with van der Waals surface area (Å²) in [7, 11) is 0. The molecule has 19 heavy (non-hydrogen) atoms. The fourth-order valence-corrected chi connectivity index (χ4v) is 2.36. The summed E-state index contributed by atoms with van der Waals surface area (Å²) in [6, 6.07) is 4.76. The van der Waals surface area contributed by atoms with Gasteiger partial charge in [0.1, 0.15) is 4.88 Å². The Morgan fingerprint density at radius 3 is 2.89 bits per heavy atom. The second kappa shape index (κ2) is 5.89. The molecule has 0 fully saturated rings. The lowest BCUT2D eigenvalue weighted by atomic mass is 10.3. The molecule has 0 bridgehead atoms. The molecule has 4 nitrogen and oxygen atoms in total. The first-order valence-corrected chi connectivity index (χ1v) is 6.80. The second-order valence-electron chi connectivity index (χ2n) is 3.37.